The van der Waals surface area contributed by atoms with Crippen LogP contribution in [0.15, 0.2) is 31.0 Å². The highest BCUT2D eigenvalue weighted by Gasteiger charge is 2.32. The molecule has 0 aromatic carbocycles. The summed E-state index contributed by atoms with van der Waals surface area (Å²) >= 11 is 0. The first kappa shape index (κ1) is 18.7. The van der Waals surface area contributed by atoms with Gasteiger partial charge in [-0.1, -0.05) is 0 Å². The fourth-order valence-corrected chi connectivity index (χ4v) is 3.99. The van der Waals surface area contributed by atoms with Gasteiger partial charge in [0, 0.05) is 32.5 Å². The molecule has 30 heavy (non-hydrogen) atoms. The largest absolute Gasteiger partial charge is 0.355 e. The third-order valence-electron chi connectivity index (χ3n) is 5.67. The lowest BCUT2D eigenvalue weighted by Gasteiger charge is -2.26. The Kier molecular flexibility index (Phi) is 4.68. The lowest BCUT2D eigenvalue weighted by molar-refractivity contribution is 0.0996. The number of halogens is 1. The summed E-state index contributed by atoms with van der Waals surface area (Å²) in [5.74, 6) is 1.19. The van der Waals surface area contributed by atoms with E-state index in [1.54, 1.807) is 45.2 Å². The average molecular weight is 410 g/mol. The maximum atomic E-state index is 13.7. The highest BCUT2D eigenvalue weighted by Crippen LogP contribution is 2.27. The number of fused-ring (bicyclic) bond motifs is 1. The van der Waals surface area contributed by atoms with Gasteiger partial charge in [0.2, 0.25) is 0 Å². The van der Waals surface area contributed by atoms with Crippen LogP contribution >= 0.6 is 0 Å². The third-order valence-corrected chi connectivity index (χ3v) is 5.67. The van der Waals surface area contributed by atoms with Crippen molar-refractivity contribution in [2.45, 2.75) is 38.4 Å². The summed E-state index contributed by atoms with van der Waals surface area (Å²) in [5.41, 5.74) is 2.01. The molecule has 0 saturated carbocycles. The smallest absolute Gasteiger partial charge is 0.262 e. The predicted octanol–water partition coefficient (Wildman–Crippen LogP) is 2.27. The van der Waals surface area contributed by atoms with Crippen LogP contribution in [0, 0.1) is 0 Å². The number of hydrogen-bond donors (Lipinski definition) is 0. The first-order valence-corrected chi connectivity index (χ1v) is 10.2. The molecular formula is C20H23FN8O. The SMILES string of the molecule is Cn1cc(N2Cc3nn(-c4cnc(N5CCCCC(F)CC5)cn4)cc3C2=O)cn1. The highest BCUT2D eigenvalue weighted by atomic mass is 19.1. The van der Waals surface area contributed by atoms with Crippen LogP contribution in [-0.4, -0.2) is 54.7 Å². The van der Waals surface area contributed by atoms with E-state index in [0.717, 1.165) is 30.9 Å². The first-order valence-electron chi connectivity index (χ1n) is 10.2. The number of carbonyl (C=O) groups is 1. The van der Waals surface area contributed by atoms with Gasteiger partial charge in [-0.2, -0.15) is 10.2 Å². The van der Waals surface area contributed by atoms with Gasteiger partial charge in [-0.25, -0.2) is 19.0 Å². The van der Waals surface area contributed by atoms with Crippen molar-refractivity contribution in [2.75, 3.05) is 22.9 Å². The molecule has 1 saturated heterocycles. The Morgan fingerprint density at radius 2 is 1.87 bits per heavy atom. The number of alkyl halides is 1. The number of aromatic nitrogens is 6. The second-order valence-electron chi connectivity index (χ2n) is 7.80. The molecule has 3 aromatic heterocycles. The van der Waals surface area contributed by atoms with Crippen LogP contribution in [0.25, 0.3) is 5.82 Å². The van der Waals surface area contributed by atoms with E-state index in [4.69, 9.17) is 0 Å². The number of aryl methyl sites for hydroxylation is 1. The molecule has 0 aliphatic carbocycles. The Labute approximate surface area is 173 Å². The fourth-order valence-electron chi connectivity index (χ4n) is 3.99. The molecule has 2 aliphatic rings. The number of rotatable bonds is 3. The van der Waals surface area contributed by atoms with Crippen molar-refractivity contribution in [3.05, 3.63) is 42.2 Å². The second-order valence-corrected chi connectivity index (χ2v) is 7.80. The van der Waals surface area contributed by atoms with Crippen molar-refractivity contribution in [3.63, 3.8) is 0 Å². The summed E-state index contributed by atoms with van der Waals surface area (Å²) in [4.78, 5) is 25.5. The minimum absolute atomic E-state index is 0.102. The molecule has 0 bridgehead atoms. The van der Waals surface area contributed by atoms with Gasteiger partial charge >= 0.3 is 0 Å². The van der Waals surface area contributed by atoms with Crippen molar-refractivity contribution in [3.8, 4) is 5.82 Å². The molecule has 1 atom stereocenters. The quantitative estimate of drug-likeness (QED) is 0.659. The van der Waals surface area contributed by atoms with E-state index in [-0.39, 0.29) is 5.91 Å². The van der Waals surface area contributed by atoms with Crippen molar-refractivity contribution >= 4 is 17.4 Å². The van der Waals surface area contributed by atoms with E-state index in [9.17, 15) is 9.18 Å². The molecule has 9 nitrogen and oxygen atoms in total. The van der Waals surface area contributed by atoms with Gasteiger partial charge in [-0.05, 0) is 25.7 Å². The Morgan fingerprint density at radius 1 is 1.03 bits per heavy atom. The van der Waals surface area contributed by atoms with Crippen molar-refractivity contribution < 1.29 is 9.18 Å². The van der Waals surface area contributed by atoms with Crippen molar-refractivity contribution in [1.29, 1.82) is 0 Å². The van der Waals surface area contributed by atoms with Crippen LogP contribution in [0.2, 0.25) is 0 Å². The maximum absolute atomic E-state index is 13.7. The molecule has 0 N–H and O–H groups in total. The Balaban J connectivity index is 1.32. The molecule has 2 aliphatic heterocycles. The normalized spacial score (nSPS) is 19.7. The fraction of sp³-hybridized carbons (Fsp3) is 0.450. The van der Waals surface area contributed by atoms with Crippen LogP contribution < -0.4 is 9.80 Å². The zero-order valence-electron chi connectivity index (χ0n) is 16.8. The van der Waals surface area contributed by atoms with Crippen LogP contribution in [0.5, 0.6) is 0 Å². The third kappa shape index (κ3) is 3.42. The first-order chi connectivity index (χ1) is 14.6. The molecule has 156 valence electrons. The summed E-state index contributed by atoms with van der Waals surface area (Å²) in [6, 6.07) is 0. The van der Waals surface area contributed by atoms with Gasteiger partial charge in [0.05, 0.1) is 42.1 Å². The minimum Gasteiger partial charge on any atom is -0.355 e. The van der Waals surface area contributed by atoms with Crippen molar-refractivity contribution in [1.82, 2.24) is 29.5 Å². The molecular weight excluding hydrogens is 387 g/mol. The zero-order valence-corrected chi connectivity index (χ0v) is 16.8. The van der Waals surface area contributed by atoms with Crippen LogP contribution in [0.1, 0.15) is 41.7 Å². The molecule has 5 rings (SSSR count). The van der Waals surface area contributed by atoms with E-state index < -0.39 is 6.17 Å². The standard InChI is InChI=1S/C20H23FN8O/c1-26-11-15(8-24-26)28-13-17-16(20(28)30)12-29(25-17)19-10-22-18(9-23-19)27-6-3-2-4-14(21)5-7-27/h8-12,14H,2-7,13H2,1H3. The zero-order chi connectivity index (χ0) is 20.7. The topological polar surface area (TPSA) is 85.0 Å². The Hall–Kier alpha value is -3.30. The van der Waals surface area contributed by atoms with E-state index >= 15 is 0 Å². The lowest BCUT2D eigenvalue weighted by Crippen LogP contribution is -2.30. The second kappa shape index (κ2) is 7.51. The maximum Gasteiger partial charge on any atom is 0.262 e. The molecule has 3 aromatic rings. The van der Waals surface area contributed by atoms with Gasteiger partial charge in [0.25, 0.3) is 5.91 Å². The number of nitrogens with zero attached hydrogens (tertiary/aromatic N) is 8. The summed E-state index contributed by atoms with van der Waals surface area (Å²) in [5, 5.41) is 8.66. The molecule has 0 spiro atoms. The monoisotopic (exact) mass is 410 g/mol. The Bertz CT molecular complexity index is 1060. The number of anilines is 2. The summed E-state index contributed by atoms with van der Waals surface area (Å²) < 4.78 is 17.0. The van der Waals surface area contributed by atoms with Gasteiger partial charge in [-0.3, -0.25) is 14.4 Å². The summed E-state index contributed by atoms with van der Waals surface area (Å²) in [6.07, 6.45) is 10.8. The van der Waals surface area contributed by atoms with Crippen LogP contribution in [0.4, 0.5) is 15.9 Å². The molecule has 5 heterocycles. The van der Waals surface area contributed by atoms with E-state index in [1.807, 2.05) is 7.05 Å². The van der Waals surface area contributed by atoms with Crippen LogP contribution in [0.3, 0.4) is 0 Å². The van der Waals surface area contributed by atoms with E-state index in [2.05, 4.69) is 25.1 Å². The number of carbonyl (C=O) groups excluding carboxylic acids is 1. The molecule has 10 heteroatoms. The number of hydrogen-bond acceptors (Lipinski definition) is 6. The minimum atomic E-state index is -0.740. The van der Waals surface area contributed by atoms with Gasteiger partial charge in [0.15, 0.2) is 5.82 Å². The van der Waals surface area contributed by atoms with Crippen molar-refractivity contribution in [2.24, 2.45) is 7.05 Å². The van der Waals surface area contributed by atoms with Gasteiger partial charge in [-0.15, -0.1) is 0 Å². The van der Waals surface area contributed by atoms with E-state index in [0.29, 0.717) is 43.0 Å². The molecule has 1 fully saturated rings. The number of amides is 1. The summed E-state index contributed by atoms with van der Waals surface area (Å²) in [7, 11) is 1.81. The van der Waals surface area contributed by atoms with Crippen LogP contribution in [-0.2, 0) is 13.6 Å². The highest BCUT2D eigenvalue weighted by molar-refractivity contribution is 6.09. The summed E-state index contributed by atoms with van der Waals surface area (Å²) in [6.45, 7) is 1.90. The molecule has 0 radical (unpaired) electrons. The van der Waals surface area contributed by atoms with Gasteiger partial charge in [0.1, 0.15) is 12.0 Å². The molecule has 1 amide bonds. The Morgan fingerprint density at radius 3 is 2.60 bits per heavy atom. The lowest BCUT2D eigenvalue weighted by atomic mass is 10.1. The van der Waals surface area contributed by atoms with Gasteiger partial charge < -0.3 is 4.90 Å². The molecule has 1 unspecified atom stereocenters. The average Bonchev–Trinajstić information content (AvgIpc) is 3.42. The van der Waals surface area contributed by atoms with E-state index in [1.165, 1.54) is 0 Å². The predicted molar refractivity (Wildman–Crippen MR) is 108 cm³/mol.